The van der Waals surface area contributed by atoms with E-state index in [0.29, 0.717) is 5.92 Å². The first-order valence-corrected chi connectivity index (χ1v) is 10.1. The minimum atomic E-state index is -3.55. The zero-order valence-corrected chi connectivity index (χ0v) is 15.8. The average molecular weight is 369 g/mol. The fraction of sp³-hybridized carbons (Fsp3) is 0.250. The van der Waals surface area contributed by atoms with Gasteiger partial charge in [-0.25, -0.2) is 17.8 Å². The molecule has 0 bridgehead atoms. The van der Waals surface area contributed by atoms with Crippen molar-refractivity contribution in [2.45, 2.75) is 31.7 Å². The summed E-state index contributed by atoms with van der Waals surface area (Å²) in [5.74, 6) is 0.539. The molecule has 0 radical (unpaired) electrons. The summed E-state index contributed by atoms with van der Waals surface area (Å²) in [5, 5.41) is 4.28. The van der Waals surface area contributed by atoms with Crippen LogP contribution in [0.4, 0.5) is 0 Å². The predicted octanol–water partition coefficient (Wildman–Crippen LogP) is 3.55. The van der Waals surface area contributed by atoms with Crippen LogP contribution in [0.3, 0.4) is 0 Å². The lowest BCUT2D eigenvalue weighted by Crippen LogP contribution is -2.23. The van der Waals surface area contributed by atoms with Crippen molar-refractivity contribution >= 4 is 10.0 Å². The number of hydrogen-bond acceptors (Lipinski definition) is 3. The molecule has 1 aromatic heterocycles. The van der Waals surface area contributed by atoms with Crippen LogP contribution in [0.5, 0.6) is 0 Å². The van der Waals surface area contributed by atoms with E-state index in [0.717, 1.165) is 23.2 Å². The molecule has 0 aliphatic heterocycles. The Morgan fingerprint density at radius 3 is 2.35 bits per heavy atom. The molecule has 0 spiro atoms. The SMILES string of the molecule is CC(C)Cc1ccc(S(=O)(=O)NCc2cnn(-c3ccccc3)c2)cc1. The van der Waals surface area contributed by atoms with E-state index < -0.39 is 10.0 Å². The maximum atomic E-state index is 12.5. The molecular formula is C20H23N3O2S. The molecule has 0 saturated heterocycles. The van der Waals surface area contributed by atoms with E-state index in [1.165, 1.54) is 0 Å². The summed E-state index contributed by atoms with van der Waals surface area (Å²) < 4.78 is 29.3. The topological polar surface area (TPSA) is 64.0 Å². The molecule has 0 saturated carbocycles. The number of benzene rings is 2. The van der Waals surface area contributed by atoms with E-state index in [1.807, 2.05) is 48.7 Å². The van der Waals surface area contributed by atoms with Crippen LogP contribution in [-0.4, -0.2) is 18.2 Å². The zero-order valence-electron chi connectivity index (χ0n) is 15.0. The van der Waals surface area contributed by atoms with Crippen LogP contribution in [0.15, 0.2) is 71.9 Å². The minimum Gasteiger partial charge on any atom is -0.241 e. The standard InChI is InChI=1S/C20H23N3O2S/c1-16(2)12-17-8-10-20(11-9-17)26(24,25)22-14-18-13-21-23(15-18)19-6-4-3-5-7-19/h3-11,13,15-16,22H,12,14H2,1-2H3. The van der Waals surface area contributed by atoms with Gasteiger partial charge in [-0.05, 0) is 42.2 Å². The lowest BCUT2D eigenvalue weighted by atomic mass is 10.0. The number of hydrogen-bond donors (Lipinski definition) is 1. The van der Waals surface area contributed by atoms with Gasteiger partial charge in [-0.3, -0.25) is 0 Å². The van der Waals surface area contributed by atoms with Crippen molar-refractivity contribution in [3.8, 4) is 5.69 Å². The van der Waals surface area contributed by atoms with Crippen LogP contribution >= 0.6 is 0 Å². The monoisotopic (exact) mass is 369 g/mol. The Bertz CT molecular complexity index is 946. The Labute approximate surface area is 154 Å². The Kier molecular flexibility index (Phi) is 5.54. The highest BCUT2D eigenvalue weighted by molar-refractivity contribution is 7.89. The fourth-order valence-corrected chi connectivity index (χ4v) is 3.73. The average Bonchev–Trinajstić information content (AvgIpc) is 3.10. The van der Waals surface area contributed by atoms with Crippen molar-refractivity contribution in [3.05, 3.63) is 78.1 Å². The number of nitrogens with zero attached hydrogens (tertiary/aromatic N) is 2. The number of nitrogens with one attached hydrogen (secondary N) is 1. The van der Waals surface area contributed by atoms with Crippen molar-refractivity contribution in [1.82, 2.24) is 14.5 Å². The van der Waals surface area contributed by atoms with Gasteiger partial charge in [0.15, 0.2) is 0 Å². The molecule has 3 aromatic rings. The molecule has 0 aliphatic rings. The first kappa shape index (κ1) is 18.4. The van der Waals surface area contributed by atoms with E-state index in [2.05, 4.69) is 23.7 Å². The normalized spacial score (nSPS) is 11.8. The summed E-state index contributed by atoms with van der Waals surface area (Å²) in [6.45, 7) is 4.48. The lowest BCUT2D eigenvalue weighted by Gasteiger charge is -2.08. The third kappa shape index (κ3) is 4.59. The lowest BCUT2D eigenvalue weighted by molar-refractivity contribution is 0.581. The molecule has 0 aliphatic carbocycles. The fourth-order valence-electron chi connectivity index (χ4n) is 2.71. The number of para-hydroxylation sites is 1. The van der Waals surface area contributed by atoms with Crippen LogP contribution in [0, 0.1) is 5.92 Å². The molecule has 3 rings (SSSR count). The van der Waals surface area contributed by atoms with E-state index in [9.17, 15) is 8.42 Å². The third-order valence-corrected chi connectivity index (χ3v) is 5.42. The summed E-state index contributed by atoms with van der Waals surface area (Å²) in [7, 11) is -3.55. The van der Waals surface area contributed by atoms with Crippen molar-refractivity contribution in [2.24, 2.45) is 5.92 Å². The molecule has 0 unspecified atom stereocenters. The molecule has 136 valence electrons. The maximum absolute atomic E-state index is 12.5. The molecule has 1 heterocycles. The van der Waals surface area contributed by atoms with Gasteiger partial charge in [-0.1, -0.05) is 44.2 Å². The molecule has 5 nitrogen and oxygen atoms in total. The van der Waals surface area contributed by atoms with E-state index in [4.69, 9.17) is 0 Å². The Morgan fingerprint density at radius 1 is 1.00 bits per heavy atom. The second-order valence-electron chi connectivity index (χ2n) is 6.70. The van der Waals surface area contributed by atoms with Crippen molar-refractivity contribution < 1.29 is 8.42 Å². The smallest absolute Gasteiger partial charge is 0.240 e. The highest BCUT2D eigenvalue weighted by Crippen LogP contribution is 2.14. The second-order valence-corrected chi connectivity index (χ2v) is 8.46. The second kappa shape index (κ2) is 7.85. The predicted molar refractivity (Wildman–Crippen MR) is 103 cm³/mol. The summed E-state index contributed by atoms with van der Waals surface area (Å²) in [6.07, 6.45) is 4.43. The van der Waals surface area contributed by atoms with Gasteiger partial charge in [0.2, 0.25) is 10.0 Å². The van der Waals surface area contributed by atoms with Crippen LogP contribution in [0.2, 0.25) is 0 Å². The van der Waals surface area contributed by atoms with Crippen molar-refractivity contribution in [1.29, 1.82) is 0 Å². The van der Waals surface area contributed by atoms with Crippen LogP contribution < -0.4 is 4.72 Å². The largest absolute Gasteiger partial charge is 0.241 e. The molecule has 6 heteroatoms. The summed E-state index contributed by atoms with van der Waals surface area (Å²) >= 11 is 0. The van der Waals surface area contributed by atoms with Gasteiger partial charge in [0.1, 0.15) is 0 Å². The quantitative estimate of drug-likeness (QED) is 0.693. The van der Waals surface area contributed by atoms with Gasteiger partial charge in [-0.2, -0.15) is 5.10 Å². The Hall–Kier alpha value is -2.44. The molecule has 0 atom stereocenters. The summed E-state index contributed by atoms with van der Waals surface area (Å²) in [4.78, 5) is 0.278. The molecular weight excluding hydrogens is 346 g/mol. The van der Waals surface area contributed by atoms with E-state index in [1.54, 1.807) is 23.0 Å². The van der Waals surface area contributed by atoms with Crippen LogP contribution in [0.25, 0.3) is 5.69 Å². The highest BCUT2D eigenvalue weighted by atomic mass is 32.2. The number of rotatable bonds is 7. The minimum absolute atomic E-state index is 0.197. The Balaban J connectivity index is 1.66. The van der Waals surface area contributed by atoms with Gasteiger partial charge < -0.3 is 0 Å². The first-order chi connectivity index (χ1) is 12.4. The highest BCUT2D eigenvalue weighted by Gasteiger charge is 2.14. The van der Waals surface area contributed by atoms with Gasteiger partial charge in [-0.15, -0.1) is 0 Å². The van der Waals surface area contributed by atoms with Gasteiger partial charge in [0.05, 0.1) is 16.8 Å². The van der Waals surface area contributed by atoms with E-state index in [-0.39, 0.29) is 11.4 Å². The van der Waals surface area contributed by atoms with Crippen LogP contribution in [-0.2, 0) is 23.0 Å². The summed E-state index contributed by atoms with van der Waals surface area (Å²) in [6, 6.07) is 16.8. The van der Waals surface area contributed by atoms with Crippen LogP contribution in [0.1, 0.15) is 25.0 Å². The molecule has 26 heavy (non-hydrogen) atoms. The molecule has 1 N–H and O–H groups in total. The zero-order chi connectivity index (χ0) is 18.6. The van der Waals surface area contributed by atoms with Gasteiger partial charge in [0, 0.05) is 18.3 Å². The van der Waals surface area contributed by atoms with Crippen molar-refractivity contribution in [2.75, 3.05) is 0 Å². The van der Waals surface area contributed by atoms with Crippen molar-refractivity contribution in [3.63, 3.8) is 0 Å². The van der Waals surface area contributed by atoms with Gasteiger partial charge in [0.25, 0.3) is 0 Å². The first-order valence-electron chi connectivity index (χ1n) is 8.61. The third-order valence-electron chi connectivity index (χ3n) is 4.00. The molecule has 0 fully saturated rings. The molecule has 2 aromatic carbocycles. The maximum Gasteiger partial charge on any atom is 0.240 e. The number of sulfonamides is 1. The van der Waals surface area contributed by atoms with E-state index >= 15 is 0 Å². The van der Waals surface area contributed by atoms with Gasteiger partial charge >= 0.3 is 0 Å². The number of aromatic nitrogens is 2. The molecule has 0 amide bonds. The summed E-state index contributed by atoms with van der Waals surface area (Å²) in [5.41, 5.74) is 2.87. The Morgan fingerprint density at radius 2 is 1.69 bits per heavy atom.